The third-order valence-corrected chi connectivity index (χ3v) is 1.86. The molecule has 3 heteroatoms. The van der Waals surface area contributed by atoms with Gasteiger partial charge in [0.25, 0.3) is 0 Å². The minimum atomic E-state index is -0.250. The Morgan fingerprint density at radius 3 is 3.00 bits per heavy atom. The van der Waals surface area contributed by atoms with Crippen LogP contribution >= 0.6 is 0 Å². The quantitative estimate of drug-likeness (QED) is 0.710. The first-order chi connectivity index (χ1) is 5.88. The van der Waals surface area contributed by atoms with Gasteiger partial charge in [-0.25, -0.2) is 0 Å². The highest BCUT2D eigenvalue weighted by atomic mass is 19.1. The summed E-state index contributed by atoms with van der Waals surface area (Å²) in [5.41, 5.74) is 6.63. The first-order valence-electron chi connectivity index (χ1n) is 4.28. The zero-order valence-corrected chi connectivity index (χ0v) is 7.17. The molecule has 0 aliphatic rings. The molecule has 0 bridgehead atoms. The van der Waals surface area contributed by atoms with E-state index in [1.54, 1.807) is 0 Å². The molecule has 1 aromatic heterocycles. The van der Waals surface area contributed by atoms with Gasteiger partial charge in [0.1, 0.15) is 0 Å². The maximum atomic E-state index is 11.9. The number of aryl methyl sites for hydroxylation is 1. The zero-order chi connectivity index (χ0) is 8.81. The molecule has 1 heterocycles. The summed E-state index contributed by atoms with van der Waals surface area (Å²) in [5, 5.41) is 0. The van der Waals surface area contributed by atoms with Crippen molar-refractivity contribution in [1.82, 2.24) is 4.57 Å². The molecule has 0 fully saturated rings. The Labute approximate surface area is 72.2 Å². The topological polar surface area (TPSA) is 30.9 Å². The highest BCUT2D eigenvalue weighted by molar-refractivity contribution is 5.07. The second kappa shape index (κ2) is 4.93. The normalized spacial score (nSPS) is 10.5. The van der Waals surface area contributed by atoms with Crippen molar-refractivity contribution in [1.29, 1.82) is 0 Å². The van der Waals surface area contributed by atoms with Crippen LogP contribution in [0.3, 0.4) is 0 Å². The van der Waals surface area contributed by atoms with Crippen LogP contribution in [-0.4, -0.2) is 17.8 Å². The van der Waals surface area contributed by atoms with E-state index in [-0.39, 0.29) is 6.67 Å². The number of halogens is 1. The van der Waals surface area contributed by atoms with E-state index in [1.807, 2.05) is 18.3 Å². The van der Waals surface area contributed by atoms with Gasteiger partial charge in [-0.15, -0.1) is 0 Å². The minimum absolute atomic E-state index is 0.250. The third kappa shape index (κ3) is 2.34. The van der Waals surface area contributed by atoms with E-state index in [0.717, 1.165) is 13.0 Å². The maximum absolute atomic E-state index is 11.9. The number of hydrogen-bond acceptors (Lipinski definition) is 1. The van der Waals surface area contributed by atoms with Gasteiger partial charge < -0.3 is 10.3 Å². The summed E-state index contributed by atoms with van der Waals surface area (Å²) in [6.45, 7) is 1.17. The van der Waals surface area contributed by atoms with Gasteiger partial charge in [-0.3, -0.25) is 4.39 Å². The van der Waals surface area contributed by atoms with Crippen molar-refractivity contribution >= 4 is 0 Å². The Kier molecular flexibility index (Phi) is 3.80. The lowest BCUT2D eigenvalue weighted by atomic mass is 10.3. The van der Waals surface area contributed by atoms with Crippen molar-refractivity contribution in [2.24, 2.45) is 5.73 Å². The zero-order valence-electron chi connectivity index (χ0n) is 7.17. The summed E-state index contributed by atoms with van der Waals surface area (Å²) in [4.78, 5) is 0. The van der Waals surface area contributed by atoms with E-state index in [9.17, 15) is 4.39 Å². The Balaban J connectivity index is 2.51. The van der Waals surface area contributed by atoms with Crippen LogP contribution in [0, 0.1) is 0 Å². The molecule has 2 N–H and O–H groups in total. The fourth-order valence-electron chi connectivity index (χ4n) is 1.27. The Hall–Kier alpha value is -0.830. The SMILES string of the molecule is NCCc1cccn1CCCF. The van der Waals surface area contributed by atoms with E-state index in [1.165, 1.54) is 5.69 Å². The molecular formula is C9H15FN2. The predicted molar refractivity (Wildman–Crippen MR) is 47.8 cm³/mol. The van der Waals surface area contributed by atoms with Crippen LogP contribution in [0.15, 0.2) is 18.3 Å². The number of hydrogen-bond donors (Lipinski definition) is 1. The summed E-state index contributed by atoms with van der Waals surface area (Å²) < 4.78 is 13.9. The average Bonchev–Trinajstić information content (AvgIpc) is 2.50. The van der Waals surface area contributed by atoms with Crippen molar-refractivity contribution in [3.63, 3.8) is 0 Å². The molecule has 0 aliphatic carbocycles. The van der Waals surface area contributed by atoms with Crippen molar-refractivity contribution in [3.8, 4) is 0 Å². The van der Waals surface area contributed by atoms with Gasteiger partial charge in [-0.1, -0.05) is 0 Å². The van der Waals surface area contributed by atoms with E-state index >= 15 is 0 Å². The lowest BCUT2D eigenvalue weighted by Crippen LogP contribution is -2.08. The van der Waals surface area contributed by atoms with Gasteiger partial charge in [0.15, 0.2) is 0 Å². The van der Waals surface area contributed by atoms with E-state index < -0.39 is 0 Å². The van der Waals surface area contributed by atoms with Gasteiger partial charge in [0, 0.05) is 18.4 Å². The molecule has 0 unspecified atom stereocenters. The van der Waals surface area contributed by atoms with Crippen molar-refractivity contribution in [2.45, 2.75) is 19.4 Å². The van der Waals surface area contributed by atoms with Gasteiger partial charge in [0.2, 0.25) is 0 Å². The number of alkyl halides is 1. The lowest BCUT2D eigenvalue weighted by molar-refractivity contribution is 0.444. The molecule has 12 heavy (non-hydrogen) atoms. The molecule has 2 nitrogen and oxygen atoms in total. The highest BCUT2D eigenvalue weighted by Crippen LogP contribution is 2.03. The van der Waals surface area contributed by atoms with Crippen LogP contribution < -0.4 is 5.73 Å². The molecule has 0 atom stereocenters. The Morgan fingerprint density at radius 1 is 1.50 bits per heavy atom. The standard InChI is InChI=1S/C9H15FN2/c10-5-2-8-12-7-1-3-9(12)4-6-11/h1,3,7H,2,4-6,8,11H2. The minimum Gasteiger partial charge on any atom is -0.351 e. The van der Waals surface area contributed by atoms with Crippen molar-refractivity contribution in [2.75, 3.05) is 13.2 Å². The molecule has 0 aromatic carbocycles. The molecule has 0 saturated carbocycles. The smallest absolute Gasteiger partial charge is 0.0911 e. The van der Waals surface area contributed by atoms with Crippen LogP contribution in [0.4, 0.5) is 4.39 Å². The van der Waals surface area contributed by atoms with Crippen LogP contribution in [0.2, 0.25) is 0 Å². The van der Waals surface area contributed by atoms with Crippen LogP contribution in [0.1, 0.15) is 12.1 Å². The summed E-state index contributed by atoms with van der Waals surface area (Å²) in [6.07, 6.45) is 3.44. The largest absolute Gasteiger partial charge is 0.351 e. The van der Waals surface area contributed by atoms with Crippen LogP contribution in [0.25, 0.3) is 0 Å². The second-order valence-corrected chi connectivity index (χ2v) is 2.77. The molecule has 1 rings (SSSR count). The summed E-state index contributed by atoms with van der Waals surface area (Å²) in [5.74, 6) is 0. The number of nitrogens with two attached hydrogens (primary N) is 1. The lowest BCUT2D eigenvalue weighted by Gasteiger charge is -2.06. The fraction of sp³-hybridized carbons (Fsp3) is 0.556. The van der Waals surface area contributed by atoms with E-state index in [2.05, 4.69) is 4.57 Å². The average molecular weight is 170 g/mol. The van der Waals surface area contributed by atoms with Crippen LogP contribution in [0.5, 0.6) is 0 Å². The third-order valence-electron chi connectivity index (χ3n) is 1.86. The summed E-state index contributed by atoms with van der Waals surface area (Å²) in [6, 6.07) is 4.01. The summed E-state index contributed by atoms with van der Waals surface area (Å²) in [7, 11) is 0. The molecule has 68 valence electrons. The molecule has 0 saturated heterocycles. The molecule has 0 spiro atoms. The van der Waals surface area contributed by atoms with Crippen LogP contribution in [-0.2, 0) is 13.0 Å². The molecule has 1 aromatic rings. The van der Waals surface area contributed by atoms with Gasteiger partial charge in [0.05, 0.1) is 6.67 Å². The van der Waals surface area contributed by atoms with Crippen molar-refractivity contribution < 1.29 is 4.39 Å². The molecule has 0 amide bonds. The number of aromatic nitrogens is 1. The molecular weight excluding hydrogens is 155 g/mol. The van der Waals surface area contributed by atoms with E-state index in [4.69, 9.17) is 5.73 Å². The Bertz CT molecular complexity index is 220. The first kappa shape index (κ1) is 9.26. The maximum Gasteiger partial charge on any atom is 0.0911 e. The monoisotopic (exact) mass is 170 g/mol. The number of rotatable bonds is 5. The predicted octanol–water partition coefficient (Wildman–Crippen LogP) is 1.35. The molecule has 0 aliphatic heterocycles. The van der Waals surface area contributed by atoms with Gasteiger partial charge >= 0.3 is 0 Å². The van der Waals surface area contributed by atoms with Crippen molar-refractivity contribution in [3.05, 3.63) is 24.0 Å². The summed E-state index contributed by atoms with van der Waals surface area (Å²) >= 11 is 0. The second-order valence-electron chi connectivity index (χ2n) is 2.77. The number of nitrogens with zero attached hydrogens (tertiary/aromatic N) is 1. The van der Waals surface area contributed by atoms with Gasteiger partial charge in [-0.05, 0) is 31.5 Å². The highest BCUT2D eigenvalue weighted by Gasteiger charge is 1.98. The fourth-order valence-corrected chi connectivity index (χ4v) is 1.27. The van der Waals surface area contributed by atoms with E-state index in [0.29, 0.717) is 13.0 Å². The van der Waals surface area contributed by atoms with Gasteiger partial charge in [-0.2, -0.15) is 0 Å². The molecule has 0 radical (unpaired) electrons. The Morgan fingerprint density at radius 2 is 2.33 bits per heavy atom. The first-order valence-corrected chi connectivity index (χ1v) is 4.28.